The number of aryl methyl sites for hydroxylation is 1. The van der Waals surface area contributed by atoms with E-state index in [0.29, 0.717) is 0 Å². The first-order valence-electron chi connectivity index (χ1n) is 6.61. The fraction of sp³-hybridized carbons (Fsp3) is 0.600. The van der Waals surface area contributed by atoms with Crippen LogP contribution in [0.3, 0.4) is 0 Å². The second-order valence-electron chi connectivity index (χ2n) is 4.76. The standard InChI is InChI=1S/C15H25NOS/c1-5-6-7-12-9-14(17-3)13(8-11(2)16)10-15(12)18-4/h9-11H,5-8,16H2,1-4H3. The maximum absolute atomic E-state index is 5.90. The zero-order valence-electron chi connectivity index (χ0n) is 12.0. The summed E-state index contributed by atoms with van der Waals surface area (Å²) in [7, 11) is 1.74. The summed E-state index contributed by atoms with van der Waals surface area (Å²) in [5, 5.41) is 0. The Balaban J connectivity index is 3.06. The van der Waals surface area contributed by atoms with Crippen molar-refractivity contribution in [2.24, 2.45) is 5.73 Å². The van der Waals surface area contributed by atoms with E-state index < -0.39 is 0 Å². The third-order valence-electron chi connectivity index (χ3n) is 3.03. The molecule has 1 rings (SSSR count). The summed E-state index contributed by atoms with van der Waals surface area (Å²) < 4.78 is 5.50. The first-order valence-corrected chi connectivity index (χ1v) is 7.84. The summed E-state index contributed by atoms with van der Waals surface area (Å²) >= 11 is 1.81. The number of nitrogens with two attached hydrogens (primary N) is 1. The Labute approximate surface area is 115 Å². The van der Waals surface area contributed by atoms with Crippen LogP contribution in [0.5, 0.6) is 5.75 Å². The fourth-order valence-corrected chi connectivity index (χ4v) is 2.78. The molecule has 0 aliphatic heterocycles. The molecule has 102 valence electrons. The van der Waals surface area contributed by atoms with Gasteiger partial charge in [-0.2, -0.15) is 0 Å². The molecule has 2 nitrogen and oxygen atoms in total. The van der Waals surface area contributed by atoms with Crippen molar-refractivity contribution in [1.82, 2.24) is 0 Å². The molecule has 3 heteroatoms. The minimum absolute atomic E-state index is 0.162. The molecule has 0 saturated carbocycles. The number of thioether (sulfide) groups is 1. The molecule has 1 atom stereocenters. The molecule has 0 aliphatic carbocycles. The Hall–Kier alpha value is -0.670. The van der Waals surface area contributed by atoms with Crippen LogP contribution in [0.15, 0.2) is 17.0 Å². The highest BCUT2D eigenvalue weighted by atomic mass is 32.2. The van der Waals surface area contributed by atoms with Crippen molar-refractivity contribution in [2.45, 2.75) is 50.5 Å². The zero-order chi connectivity index (χ0) is 13.5. The van der Waals surface area contributed by atoms with Crippen LogP contribution in [0.2, 0.25) is 0 Å². The molecule has 0 amide bonds. The highest BCUT2D eigenvalue weighted by Crippen LogP contribution is 2.31. The van der Waals surface area contributed by atoms with Crippen molar-refractivity contribution in [3.05, 3.63) is 23.3 Å². The minimum Gasteiger partial charge on any atom is -0.496 e. The van der Waals surface area contributed by atoms with Gasteiger partial charge in [-0.1, -0.05) is 13.3 Å². The van der Waals surface area contributed by atoms with Crippen LogP contribution in [0, 0.1) is 0 Å². The number of benzene rings is 1. The van der Waals surface area contributed by atoms with Crippen molar-refractivity contribution in [2.75, 3.05) is 13.4 Å². The van der Waals surface area contributed by atoms with Crippen LogP contribution in [-0.2, 0) is 12.8 Å². The molecule has 18 heavy (non-hydrogen) atoms. The first-order chi connectivity index (χ1) is 8.62. The lowest BCUT2D eigenvalue weighted by atomic mass is 10.0. The van der Waals surface area contributed by atoms with Crippen LogP contribution in [0.1, 0.15) is 37.8 Å². The van der Waals surface area contributed by atoms with E-state index in [1.165, 1.54) is 28.9 Å². The predicted octanol–water partition coefficient (Wildman–Crippen LogP) is 3.65. The zero-order valence-corrected chi connectivity index (χ0v) is 12.8. The predicted molar refractivity (Wildman–Crippen MR) is 80.7 cm³/mol. The summed E-state index contributed by atoms with van der Waals surface area (Å²) in [5.74, 6) is 0.983. The molecule has 2 N–H and O–H groups in total. The highest BCUT2D eigenvalue weighted by molar-refractivity contribution is 7.98. The van der Waals surface area contributed by atoms with Gasteiger partial charge in [0.15, 0.2) is 0 Å². The third-order valence-corrected chi connectivity index (χ3v) is 3.84. The number of hydrogen-bond donors (Lipinski definition) is 1. The molecule has 0 fully saturated rings. The van der Waals surface area contributed by atoms with Crippen LogP contribution in [0.4, 0.5) is 0 Å². The van der Waals surface area contributed by atoms with Gasteiger partial charge in [0.2, 0.25) is 0 Å². The van der Waals surface area contributed by atoms with Crippen molar-refractivity contribution in [3.63, 3.8) is 0 Å². The van der Waals surface area contributed by atoms with Crippen LogP contribution < -0.4 is 10.5 Å². The quantitative estimate of drug-likeness (QED) is 0.766. The molecular formula is C15H25NOS. The lowest BCUT2D eigenvalue weighted by Crippen LogP contribution is -2.18. The van der Waals surface area contributed by atoms with Gasteiger partial charge in [0, 0.05) is 10.9 Å². The van der Waals surface area contributed by atoms with Crippen LogP contribution in [-0.4, -0.2) is 19.4 Å². The Morgan fingerprint density at radius 3 is 2.56 bits per heavy atom. The van der Waals surface area contributed by atoms with Gasteiger partial charge in [0.1, 0.15) is 5.75 Å². The van der Waals surface area contributed by atoms with Gasteiger partial charge in [-0.25, -0.2) is 0 Å². The molecule has 1 aromatic rings. The summed E-state index contributed by atoms with van der Waals surface area (Å²) in [4.78, 5) is 1.36. The van der Waals surface area contributed by atoms with E-state index in [9.17, 15) is 0 Å². The van der Waals surface area contributed by atoms with Gasteiger partial charge in [-0.3, -0.25) is 0 Å². The maximum atomic E-state index is 5.90. The summed E-state index contributed by atoms with van der Waals surface area (Å²) in [6.07, 6.45) is 6.57. The topological polar surface area (TPSA) is 35.2 Å². The molecule has 0 radical (unpaired) electrons. The van der Waals surface area contributed by atoms with Crippen molar-refractivity contribution in [1.29, 1.82) is 0 Å². The fourth-order valence-electron chi connectivity index (χ4n) is 2.09. The van der Waals surface area contributed by atoms with Crippen molar-refractivity contribution >= 4 is 11.8 Å². The molecule has 1 unspecified atom stereocenters. The lowest BCUT2D eigenvalue weighted by Gasteiger charge is -2.15. The highest BCUT2D eigenvalue weighted by Gasteiger charge is 2.11. The van der Waals surface area contributed by atoms with Crippen molar-refractivity contribution in [3.8, 4) is 5.75 Å². The molecule has 0 aromatic heterocycles. The van der Waals surface area contributed by atoms with E-state index in [2.05, 4.69) is 25.3 Å². The molecule has 0 bridgehead atoms. The minimum atomic E-state index is 0.162. The monoisotopic (exact) mass is 267 g/mol. The van der Waals surface area contributed by atoms with E-state index in [4.69, 9.17) is 10.5 Å². The van der Waals surface area contributed by atoms with Gasteiger partial charge in [0.05, 0.1) is 7.11 Å². The average molecular weight is 267 g/mol. The average Bonchev–Trinajstić information content (AvgIpc) is 2.35. The largest absolute Gasteiger partial charge is 0.496 e. The molecule has 0 spiro atoms. The lowest BCUT2D eigenvalue weighted by molar-refractivity contribution is 0.407. The molecule has 0 saturated heterocycles. The van der Waals surface area contributed by atoms with Crippen LogP contribution in [0.25, 0.3) is 0 Å². The van der Waals surface area contributed by atoms with E-state index in [1.54, 1.807) is 7.11 Å². The number of ether oxygens (including phenoxy) is 1. The Kier molecular flexibility index (Phi) is 6.58. The van der Waals surface area contributed by atoms with Crippen molar-refractivity contribution < 1.29 is 4.74 Å². The second-order valence-corrected chi connectivity index (χ2v) is 5.61. The third kappa shape index (κ3) is 4.21. The smallest absolute Gasteiger partial charge is 0.122 e. The summed E-state index contributed by atoms with van der Waals surface area (Å²) in [6.45, 7) is 4.25. The van der Waals surface area contributed by atoms with E-state index in [-0.39, 0.29) is 6.04 Å². The number of unbranched alkanes of at least 4 members (excludes halogenated alkanes) is 1. The number of hydrogen-bond acceptors (Lipinski definition) is 3. The molecule has 0 heterocycles. The maximum Gasteiger partial charge on any atom is 0.122 e. The number of methoxy groups -OCH3 is 1. The van der Waals surface area contributed by atoms with E-state index in [0.717, 1.165) is 18.6 Å². The van der Waals surface area contributed by atoms with Gasteiger partial charge >= 0.3 is 0 Å². The first kappa shape index (κ1) is 15.4. The van der Waals surface area contributed by atoms with Gasteiger partial charge in [0.25, 0.3) is 0 Å². The molecule has 1 aromatic carbocycles. The van der Waals surface area contributed by atoms with Crippen LogP contribution >= 0.6 is 11.8 Å². The van der Waals surface area contributed by atoms with E-state index >= 15 is 0 Å². The Bertz CT molecular complexity index is 377. The SMILES string of the molecule is CCCCc1cc(OC)c(CC(C)N)cc1SC. The Morgan fingerprint density at radius 1 is 1.33 bits per heavy atom. The number of rotatable bonds is 7. The van der Waals surface area contributed by atoms with Gasteiger partial charge in [-0.15, -0.1) is 11.8 Å². The summed E-state index contributed by atoms with van der Waals surface area (Å²) in [6, 6.07) is 4.60. The molecule has 0 aliphatic rings. The normalized spacial score (nSPS) is 12.5. The van der Waals surface area contributed by atoms with Gasteiger partial charge < -0.3 is 10.5 Å². The molecular weight excluding hydrogens is 242 g/mol. The van der Waals surface area contributed by atoms with Gasteiger partial charge in [-0.05, 0) is 55.7 Å². The Morgan fingerprint density at radius 2 is 2.06 bits per heavy atom. The summed E-state index contributed by atoms with van der Waals surface area (Å²) in [5.41, 5.74) is 8.51. The van der Waals surface area contributed by atoms with E-state index in [1.807, 2.05) is 18.7 Å². The second kappa shape index (κ2) is 7.70.